The highest BCUT2D eigenvalue weighted by Gasteiger charge is 2.48. The molecule has 0 aliphatic heterocycles. The number of ketones is 2. The molecule has 2 atom stereocenters. The number of halogens is 2. The van der Waals surface area contributed by atoms with Gasteiger partial charge in [-0.3, -0.25) is 9.59 Å². The second-order valence-electron chi connectivity index (χ2n) is 6.53. The first-order valence-electron chi connectivity index (χ1n) is 7.96. The fraction of sp³-hybridized carbons (Fsp3) is 0.389. The van der Waals surface area contributed by atoms with Crippen molar-refractivity contribution < 1.29 is 14.0 Å². The van der Waals surface area contributed by atoms with Crippen molar-refractivity contribution in [2.45, 2.75) is 32.1 Å². The number of hydrogen-bond acceptors (Lipinski definition) is 4. The number of aryl methyl sites for hydroxylation is 1. The predicted octanol–water partition coefficient (Wildman–Crippen LogP) is 4.56. The average Bonchev–Trinajstić information content (AvgIpc) is 3.15. The molecule has 2 bridgehead atoms. The number of hydrogen-bond donors (Lipinski definition) is 0. The van der Waals surface area contributed by atoms with Gasteiger partial charge >= 0.3 is 0 Å². The van der Waals surface area contributed by atoms with Crippen LogP contribution in [0.4, 0.5) is 4.39 Å². The molecule has 6 heteroatoms. The van der Waals surface area contributed by atoms with E-state index in [-0.39, 0.29) is 28.4 Å². The maximum Gasteiger partial charge on any atom is 0.152 e. The van der Waals surface area contributed by atoms with Crippen molar-refractivity contribution in [1.29, 1.82) is 0 Å². The van der Waals surface area contributed by atoms with E-state index in [0.717, 1.165) is 17.7 Å². The molecule has 124 valence electrons. The molecule has 1 aromatic carbocycles. The van der Waals surface area contributed by atoms with E-state index >= 15 is 0 Å². The SMILES string of the molecule is Cc1sc(-c2ccc(Cl)c(F)c2)nc1C1C(=O)[C@@H]2CC[C@H](C2)C1=O. The summed E-state index contributed by atoms with van der Waals surface area (Å²) in [6, 6.07) is 4.51. The molecular formula is C18H15ClFNO2S. The Kier molecular flexibility index (Phi) is 3.81. The van der Waals surface area contributed by atoms with Crippen LogP contribution in [0.2, 0.25) is 5.02 Å². The summed E-state index contributed by atoms with van der Waals surface area (Å²) in [6.45, 7) is 1.86. The molecule has 3 nitrogen and oxygen atoms in total. The molecule has 2 aliphatic carbocycles. The van der Waals surface area contributed by atoms with Crippen LogP contribution in [0, 0.1) is 24.6 Å². The summed E-state index contributed by atoms with van der Waals surface area (Å²) in [5, 5.41) is 0.665. The van der Waals surface area contributed by atoms with Crippen LogP contribution in [-0.2, 0) is 9.59 Å². The minimum Gasteiger partial charge on any atom is -0.298 e. The van der Waals surface area contributed by atoms with Crippen LogP contribution in [0.25, 0.3) is 10.6 Å². The first kappa shape index (κ1) is 15.9. The fourth-order valence-electron chi connectivity index (χ4n) is 3.81. The number of carbonyl (C=O) groups is 2. The zero-order chi connectivity index (χ0) is 17.0. The monoisotopic (exact) mass is 363 g/mol. The summed E-state index contributed by atoms with van der Waals surface area (Å²) < 4.78 is 13.7. The van der Waals surface area contributed by atoms with Gasteiger partial charge in [-0.15, -0.1) is 11.3 Å². The number of Topliss-reactive ketones (excluding diaryl/α,β-unsaturated/α-hetero) is 2. The number of fused-ring (bicyclic) bond motifs is 2. The Labute approximate surface area is 147 Å². The second kappa shape index (κ2) is 5.74. The topological polar surface area (TPSA) is 47.0 Å². The Balaban J connectivity index is 1.74. The second-order valence-corrected chi connectivity index (χ2v) is 8.14. The summed E-state index contributed by atoms with van der Waals surface area (Å²) in [7, 11) is 0. The molecule has 2 saturated carbocycles. The van der Waals surface area contributed by atoms with E-state index < -0.39 is 11.7 Å². The molecule has 0 saturated heterocycles. The average molecular weight is 364 g/mol. The molecule has 24 heavy (non-hydrogen) atoms. The summed E-state index contributed by atoms with van der Waals surface area (Å²) in [5.41, 5.74) is 1.16. The van der Waals surface area contributed by atoms with Gasteiger partial charge in [0.05, 0.1) is 10.7 Å². The third-order valence-electron chi connectivity index (χ3n) is 5.08. The summed E-state index contributed by atoms with van der Waals surface area (Å²) in [6.07, 6.45) is 2.32. The maximum atomic E-state index is 13.7. The lowest BCUT2D eigenvalue weighted by molar-refractivity contribution is -0.136. The number of nitrogens with zero attached hydrogens (tertiary/aromatic N) is 1. The Hall–Kier alpha value is -1.59. The smallest absolute Gasteiger partial charge is 0.152 e. The van der Waals surface area contributed by atoms with E-state index in [4.69, 9.17) is 11.6 Å². The van der Waals surface area contributed by atoms with Gasteiger partial charge in [0.25, 0.3) is 0 Å². The zero-order valence-corrected chi connectivity index (χ0v) is 14.6. The highest BCUT2D eigenvalue weighted by Crippen LogP contribution is 2.45. The predicted molar refractivity (Wildman–Crippen MR) is 90.8 cm³/mol. The van der Waals surface area contributed by atoms with Crippen molar-refractivity contribution >= 4 is 34.5 Å². The molecular weight excluding hydrogens is 349 g/mol. The van der Waals surface area contributed by atoms with Crippen molar-refractivity contribution in [3.8, 4) is 10.6 Å². The molecule has 2 aromatic rings. The van der Waals surface area contributed by atoms with Gasteiger partial charge in [0.2, 0.25) is 0 Å². The number of rotatable bonds is 2. The quantitative estimate of drug-likeness (QED) is 0.735. The minimum atomic E-state index is -0.738. The third-order valence-corrected chi connectivity index (χ3v) is 6.42. The van der Waals surface area contributed by atoms with Gasteiger partial charge in [-0.1, -0.05) is 17.7 Å². The molecule has 0 unspecified atom stereocenters. The van der Waals surface area contributed by atoms with Crippen LogP contribution in [0.5, 0.6) is 0 Å². The Morgan fingerprint density at radius 2 is 1.88 bits per heavy atom. The van der Waals surface area contributed by atoms with Crippen molar-refractivity contribution in [2.24, 2.45) is 11.8 Å². The van der Waals surface area contributed by atoms with E-state index in [1.807, 2.05) is 6.92 Å². The van der Waals surface area contributed by atoms with Crippen molar-refractivity contribution in [3.05, 3.63) is 39.6 Å². The van der Waals surface area contributed by atoms with Crippen LogP contribution >= 0.6 is 22.9 Å². The maximum absolute atomic E-state index is 13.7. The first-order valence-corrected chi connectivity index (χ1v) is 9.15. The zero-order valence-electron chi connectivity index (χ0n) is 13.0. The van der Waals surface area contributed by atoms with Crippen LogP contribution in [0.3, 0.4) is 0 Å². The van der Waals surface area contributed by atoms with E-state index in [0.29, 0.717) is 22.7 Å². The van der Waals surface area contributed by atoms with Gasteiger partial charge < -0.3 is 0 Å². The van der Waals surface area contributed by atoms with Gasteiger partial charge in [0, 0.05) is 22.3 Å². The lowest BCUT2D eigenvalue weighted by Gasteiger charge is -2.24. The van der Waals surface area contributed by atoms with Crippen molar-refractivity contribution in [2.75, 3.05) is 0 Å². The van der Waals surface area contributed by atoms with E-state index in [1.54, 1.807) is 6.07 Å². The van der Waals surface area contributed by atoms with Gasteiger partial charge in [0.1, 0.15) is 16.7 Å². The summed E-state index contributed by atoms with van der Waals surface area (Å²) in [5.74, 6) is -1.23. The molecule has 0 radical (unpaired) electrons. The molecule has 0 spiro atoms. The highest BCUT2D eigenvalue weighted by atomic mass is 35.5. The standard InChI is InChI=1S/C18H15ClFNO2S/c1-8-15(14-16(22)9-2-3-10(6-9)17(14)23)21-18(24-8)11-4-5-12(19)13(20)7-11/h4-5,7,9-10,14H,2-3,6H2,1H3/t9-,10-/m1/s1. The third kappa shape index (κ3) is 2.42. The van der Waals surface area contributed by atoms with Gasteiger partial charge in [-0.25, -0.2) is 9.37 Å². The number of carbonyl (C=O) groups excluding carboxylic acids is 2. The van der Waals surface area contributed by atoms with E-state index in [9.17, 15) is 14.0 Å². The lowest BCUT2D eigenvalue weighted by atomic mass is 9.77. The first-order chi connectivity index (χ1) is 11.5. The summed E-state index contributed by atoms with van der Waals surface area (Å²) >= 11 is 7.10. The van der Waals surface area contributed by atoms with Crippen LogP contribution in [-0.4, -0.2) is 16.6 Å². The van der Waals surface area contributed by atoms with Gasteiger partial charge in [0.15, 0.2) is 11.6 Å². The molecule has 0 amide bonds. The molecule has 2 fully saturated rings. The van der Waals surface area contributed by atoms with E-state index in [2.05, 4.69) is 4.98 Å². The van der Waals surface area contributed by atoms with Crippen LogP contribution in [0.15, 0.2) is 18.2 Å². The largest absolute Gasteiger partial charge is 0.298 e. The highest BCUT2D eigenvalue weighted by molar-refractivity contribution is 7.15. The summed E-state index contributed by atoms with van der Waals surface area (Å²) in [4.78, 5) is 30.7. The van der Waals surface area contributed by atoms with Crippen LogP contribution < -0.4 is 0 Å². The number of thiazole rings is 1. The molecule has 0 N–H and O–H groups in total. The van der Waals surface area contributed by atoms with Crippen molar-refractivity contribution in [1.82, 2.24) is 4.98 Å². The lowest BCUT2D eigenvalue weighted by Crippen LogP contribution is -2.35. The normalized spacial score (nSPS) is 26.2. The Bertz CT molecular complexity index is 841. The number of aromatic nitrogens is 1. The fourth-order valence-corrected chi connectivity index (χ4v) is 4.87. The molecule has 4 rings (SSSR count). The Morgan fingerprint density at radius 3 is 2.50 bits per heavy atom. The molecule has 1 aromatic heterocycles. The molecule has 2 aliphatic rings. The van der Waals surface area contributed by atoms with Crippen LogP contribution in [0.1, 0.15) is 35.8 Å². The molecule has 1 heterocycles. The van der Waals surface area contributed by atoms with Gasteiger partial charge in [-0.2, -0.15) is 0 Å². The van der Waals surface area contributed by atoms with Gasteiger partial charge in [-0.05, 0) is 38.3 Å². The van der Waals surface area contributed by atoms with Crippen molar-refractivity contribution in [3.63, 3.8) is 0 Å². The number of benzene rings is 1. The van der Waals surface area contributed by atoms with E-state index in [1.165, 1.54) is 23.5 Å². The Morgan fingerprint density at radius 1 is 1.21 bits per heavy atom. The minimum absolute atomic E-state index is 0.00442.